The molecule has 3 heteroatoms. The normalized spacial score (nSPS) is 12.1. The van der Waals surface area contributed by atoms with Crippen LogP contribution in [-0.4, -0.2) is 20.8 Å². The Hall–Kier alpha value is -1.84. The summed E-state index contributed by atoms with van der Waals surface area (Å²) in [6, 6.07) is 18.8. The van der Waals surface area contributed by atoms with Gasteiger partial charge in [0.05, 0.1) is 13.7 Å². The minimum atomic E-state index is 0.330. The third-order valence-electron chi connectivity index (χ3n) is 3.50. The van der Waals surface area contributed by atoms with Crippen molar-refractivity contribution in [3.05, 3.63) is 65.7 Å². The van der Waals surface area contributed by atoms with Gasteiger partial charge in [-0.1, -0.05) is 42.5 Å². The number of ether oxygens (including phenoxy) is 2. The van der Waals surface area contributed by atoms with Gasteiger partial charge in [0.25, 0.3) is 0 Å². The van der Waals surface area contributed by atoms with Gasteiger partial charge in [-0.25, -0.2) is 0 Å². The van der Waals surface area contributed by atoms with Crippen molar-refractivity contribution in [2.45, 2.75) is 19.1 Å². The Morgan fingerprint density at radius 3 is 2.57 bits per heavy atom. The fraction of sp³-hybridized carbons (Fsp3) is 0.333. The first-order chi connectivity index (χ1) is 10.3. The quantitative estimate of drug-likeness (QED) is 0.752. The molecule has 3 nitrogen and oxygen atoms in total. The Bertz CT molecular complexity index is 528. The maximum Gasteiger partial charge on any atom is 0.119 e. The van der Waals surface area contributed by atoms with E-state index in [1.807, 2.05) is 31.3 Å². The molecule has 2 aromatic carbocycles. The molecule has 1 unspecified atom stereocenters. The fourth-order valence-corrected chi connectivity index (χ4v) is 2.32. The summed E-state index contributed by atoms with van der Waals surface area (Å²) < 4.78 is 11.0. The van der Waals surface area contributed by atoms with Crippen LogP contribution in [0.3, 0.4) is 0 Å². The maximum absolute atomic E-state index is 5.78. The number of methoxy groups -OCH3 is 1. The Morgan fingerprint density at radius 1 is 1.05 bits per heavy atom. The molecule has 1 N–H and O–H groups in total. The summed E-state index contributed by atoms with van der Waals surface area (Å²) in [5, 5.41) is 3.34. The molecule has 0 heterocycles. The van der Waals surface area contributed by atoms with Crippen molar-refractivity contribution in [3.63, 3.8) is 0 Å². The lowest BCUT2D eigenvalue weighted by atomic mass is 10.0. The summed E-state index contributed by atoms with van der Waals surface area (Å²) >= 11 is 0. The second-order valence-electron chi connectivity index (χ2n) is 4.94. The van der Waals surface area contributed by atoms with E-state index < -0.39 is 0 Å². The van der Waals surface area contributed by atoms with Crippen LogP contribution in [0.2, 0.25) is 0 Å². The van der Waals surface area contributed by atoms with Gasteiger partial charge in [-0.05, 0) is 36.7 Å². The summed E-state index contributed by atoms with van der Waals surface area (Å²) in [5.41, 5.74) is 2.43. The van der Waals surface area contributed by atoms with Gasteiger partial charge in [0.1, 0.15) is 5.75 Å². The lowest BCUT2D eigenvalue weighted by Crippen LogP contribution is -2.18. The van der Waals surface area contributed by atoms with Crippen LogP contribution < -0.4 is 10.1 Å². The Morgan fingerprint density at radius 2 is 1.86 bits per heavy atom. The van der Waals surface area contributed by atoms with Crippen LogP contribution in [0.1, 0.15) is 23.6 Å². The molecule has 0 saturated carbocycles. The van der Waals surface area contributed by atoms with Crippen molar-refractivity contribution in [2.75, 3.05) is 20.8 Å². The van der Waals surface area contributed by atoms with Crippen LogP contribution in [0.25, 0.3) is 0 Å². The number of hydrogen-bond donors (Lipinski definition) is 1. The van der Waals surface area contributed by atoms with Crippen molar-refractivity contribution < 1.29 is 9.47 Å². The largest absolute Gasteiger partial charge is 0.497 e. The van der Waals surface area contributed by atoms with E-state index in [1.165, 1.54) is 5.56 Å². The first-order valence-electron chi connectivity index (χ1n) is 7.26. The first-order valence-corrected chi connectivity index (χ1v) is 7.26. The fourth-order valence-electron chi connectivity index (χ4n) is 2.32. The third kappa shape index (κ3) is 4.88. The second-order valence-corrected chi connectivity index (χ2v) is 4.94. The van der Waals surface area contributed by atoms with Crippen LogP contribution >= 0.6 is 0 Å². The molecule has 2 rings (SSSR count). The lowest BCUT2D eigenvalue weighted by molar-refractivity contribution is 0.111. The summed E-state index contributed by atoms with van der Waals surface area (Å²) in [5.74, 6) is 0.869. The minimum Gasteiger partial charge on any atom is -0.497 e. The van der Waals surface area contributed by atoms with Gasteiger partial charge in [-0.2, -0.15) is 0 Å². The highest BCUT2D eigenvalue weighted by atomic mass is 16.5. The number of hydrogen-bond acceptors (Lipinski definition) is 3. The molecule has 0 radical (unpaired) electrons. The van der Waals surface area contributed by atoms with E-state index in [4.69, 9.17) is 9.47 Å². The molecule has 0 aliphatic carbocycles. The predicted octanol–water partition coefficient (Wildman–Crippen LogP) is 3.56. The molecule has 1 atom stereocenters. The van der Waals surface area contributed by atoms with Gasteiger partial charge >= 0.3 is 0 Å². The van der Waals surface area contributed by atoms with Gasteiger partial charge in [0.2, 0.25) is 0 Å². The van der Waals surface area contributed by atoms with Crippen LogP contribution in [0, 0.1) is 0 Å². The zero-order valence-corrected chi connectivity index (χ0v) is 12.7. The molecular formula is C18H23NO2. The standard InChI is InChI=1S/C18H23NO2/c1-19-18(16-8-4-3-5-9-16)11-12-21-14-15-7-6-10-17(13-15)20-2/h3-10,13,18-19H,11-12,14H2,1-2H3. The minimum absolute atomic E-state index is 0.330. The molecule has 0 bridgehead atoms. The highest BCUT2D eigenvalue weighted by molar-refractivity contribution is 5.27. The Kier molecular flexibility index (Phi) is 6.25. The molecule has 112 valence electrons. The van der Waals surface area contributed by atoms with Crippen molar-refractivity contribution in [1.29, 1.82) is 0 Å². The first kappa shape index (κ1) is 15.5. The zero-order chi connectivity index (χ0) is 14.9. The average Bonchev–Trinajstić information content (AvgIpc) is 2.56. The van der Waals surface area contributed by atoms with E-state index in [9.17, 15) is 0 Å². The number of nitrogens with one attached hydrogen (secondary N) is 1. The maximum atomic E-state index is 5.78. The highest BCUT2D eigenvalue weighted by Crippen LogP contribution is 2.17. The van der Waals surface area contributed by atoms with Crippen molar-refractivity contribution in [1.82, 2.24) is 5.32 Å². The topological polar surface area (TPSA) is 30.5 Å². The summed E-state index contributed by atoms with van der Waals surface area (Å²) in [6.07, 6.45) is 0.949. The van der Waals surface area contributed by atoms with E-state index in [-0.39, 0.29) is 0 Å². The predicted molar refractivity (Wildman–Crippen MR) is 85.5 cm³/mol. The van der Waals surface area contributed by atoms with Gasteiger partial charge in [-0.3, -0.25) is 0 Å². The van der Waals surface area contributed by atoms with Crippen LogP contribution in [0.15, 0.2) is 54.6 Å². The average molecular weight is 285 g/mol. The molecule has 0 saturated heterocycles. The Balaban J connectivity index is 1.78. The molecule has 21 heavy (non-hydrogen) atoms. The van der Waals surface area contributed by atoms with Gasteiger partial charge in [0.15, 0.2) is 0 Å². The van der Waals surface area contributed by atoms with Gasteiger partial charge in [-0.15, -0.1) is 0 Å². The van der Waals surface area contributed by atoms with Crippen LogP contribution in [0.4, 0.5) is 0 Å². The molecule has 0 fully saturated rings. The van der Waals surface area contributed by atoms with Gasteiger partial charge in [0, 0.05) is 12.6 Å². The van der Waals surface area contributed by atoms with Crippen molar-refractivity contribution in [2.24, 2.45) is 0 Å². The monoisotopic (exact) mass is 285 g/mol. The van der Waals surface area contributed by atoms with E-state index in [0.717, 1.165) is 24.3 Å². The molecule has 0 spiro atoms. The summed E-state index contributed by atoms with van der Waals surface area (Å²) in [4.78, 5) is 0. The molecule has 0 aromatic heterocycles. The van der Waals surface area contributed by atoms with Gasteiger partial charge < -0.3 is 14.8 Å². The van der Waals surface area contributed by atoms with E-state index in [1.54, 1.807) is 7.11 Å². The molecular weight excluding hydrogens is 262 g/mol. The van der Waals surface area contributed by atoms with E-state index in [2.05, 4.69) is 35.6 Å². The SMILES string of the molecule is CNC(CCOCc1cccc(OC)c1)c1ccccc1. The number of benzene rings is 2. The summed E-state index contributed by atoms with van der Waals surface area (Å²) in [7, 11) is 3.66. The smallest absolute Gasteiger partial charge is 0.119 e. The van der Waals surface area contributed by atoms with Crippen molar-refractivity contribution >= 4 is 0 Å². The highest BCUT2D eigenvalue weighted by Gasteiger charge is 2.08. The molecule has 0 aliphatic heterocycles. The zero-order valence-electron chi connectivity index (χ0n) is 12.7. The van der Waals surface area contributed by atoms with E-state index in [0.29, 0.717) is 12.6 Å². The Labute approximate surface area is 126 Å². The molecule has 0 amide bonds. The summed E-state index contributed by atoms with van der Waals surface area (Å²) in [6.45, 7) is 1.33. The molecule has 2 aromatic rings. The molecule has 0 aliphatic rings. The lowest BCUT2D eigenvalue weighted by Gasteiger charge is -2.16. The van der Waals surface area contributed by atoms with Crippen LogP contribution in [-0.2, 0) is 11.3 Å². The third-order valence-corrected chi connectivity index (χ3v) is 3.50. The van der Waals surface area contributed by atoms with E-state index >= 15 is 0 Å². The second kappa shape index (κ2) is 8.45. The van der Waals surface area contributed by atoms with Crippen molar-refractivity contribution in [3.8, 4) is 5.75 Å². The number of rotatable bonds is 8. The van der Waals surface area contributed by atoms with Crippen LogP contribution in [0.5, 0.6) is 5.75 Å².